The van der Waals surface area contributed by atoms with Crippen LogP contribution in [-0.4, -0.2) is 59.8 Å². The second kappa shape index (κ2) is 8.33. The van der Waals surface area contributed by atoms with Gasteiger partial charge in [-0.2, -0.15) is 0 Å². The Kier molecular flexibility index (Phi) is 6.14. The number of aliphatic hydroxyl groups is 2. The summed E-state index contributed by atoms with van der Waals surface area (Å²) in [7, 11) is 1.48. The SMILES string of the molecule is COCCC(=O)OCC(=O)[C@@]1(O)CC[C@H]2[C@@H]3CCC4=CC(=O)CC[C@]4(C)[C@H]3[C@@H](O)C[C@@]21C. The van der Waals surface area contributed by atoms with Crippen LogP contribution in [0.5, 0.6) is 0 Å². The summed E-state index contributed by atoms with van der Waals surface area (Å²) >= 11 is 0. The molecule has 0 radical (unpaired) electrons. The molecule has 0 spiro atoms. The van der Waals surface area contributed by atoms with Gasteiger partial charge in [-0.3, -0.25) is 14.4 Å². The first-order valence-corrected chi connectivity index (χ1v) is 11.9. The van der Waals surface area contributed by atoms with Crippen LogP contribution in [0.1, 0.15) is 65.2 Å². The molecular weight excluding hydrogens is 412 g/mol. The molecule has 32 heavy (non-hydrogen) atoms. The van der Waals surface area contributed by atoms with Gasteiger partial charge in [-0.1, -0.05) is 19.4 Å². The van der Waals surface area contributed by atoms with Crippen LogP contribution in [0.15, 0.2) is 11.6 Å². The maximum Gasteiger partial charge on any atom is 0.308 e. The number of carbonyl (C=O) groups is 3. The lowest BCUT2D eigenvalue weighted by atomic mass is 9.45. The van der Waals surface area contributed by atoms with Crippen molar-refractivity contribution >= 4 is 17.5 Å². The molecule has 4 aliphatic carbocycles. The molecule has 0 aliphatic heterocycles. The summed E-state index contributed by atoms with van der Waals surface area (Å²) in [4.78, 5) is 36.9. The van der Waals surface area contributed by atoms with Crippen molar-refractivity contribution in [3.05, 3.63) is 11.6 Å². The summed E-state index contributed by atoms with van der Waals surface area (Å²) in [6, 6.07) is 0. The smallest absolute Gasteiger partial charge is 0.308 e. The Morgan fingerprint density at radius 2 is 1.94 bits per heavy atom. The molecule has 3 fully saturated rings. The molecule has 3 saturated carbocycles. The molecule has 4 aliphatic rings. The molecule has 0 amide bonds. The van der Waals surface area contributed by atoms with Crippen molar-refractivity contribution in [1.82, 2.24) is 0 Å². The van der Waals surface area contributed by atoms with E-state index in [1.165, 1.54) is 7.11 Å². The standard InChI is InChI=1S/C25H36O7/c1-23-9-6-16(26)12-15(23)4-5-17-18-7-10-25(30,24(18,2)13-19(27)22(17)23)20(28)14-32-21(29)8-11-31-3/h12,17-19,22,27,30H,4-11,13-14H2,1-3H3/t17-,18-,19-,22+,23-,24-,25-/m0/s1. The minimum atomic E-state index is -1.62. The van der Waals surface area contributed by atoms with Gasteiger partial charge in [0.15, 0.2) is 12.4 Å². The number of Topliss-reactive ketones (excluding diaryl/α,β-unsaturated/α-hetero) is 1. The van der Waals surface area contributed by atoms with Crippen LogP contribution in [0.2, 0.25) is 0 Å². The van der Waals surface area contributed by atoms with Crippen LogP contribution in [0.4, 0.5) is 0 Å². The predicted octanol–water partition coefficient (Wildman–Crippen LogP) is 2.37. The van der Waals surface area contributed by atoms with Gasteiger partial charge in [-0.05, 0) is 67.8 Å². The van der Waals surface area contributed by atoms with Crippen molar-refractivity contribution in [3.63, 3.8) is 0 Å². The molecular formula is C25H36O7. The van der Waals surface area contributed by atoms with E-state index in [4.69, 9.17) is 9.47 Å². The van der Waals surface area contributed by atoms with Gasteiger partial charge in [0.2, 0.25) is 5.78 Å². The Bertz CT molecular complexity index is 834. The van der Waals surface area contributed by atoms with Crippen molar-refractivity contribution in [2.75, 3.05) is 20.3 Å². The molecule has 0 unspecified atom stereocenters. The van der Waals surface area contributed by atoms with Crippen molar-refractivity contribution < 1.29 is 34.1 Å². The summed E-state index contributed by atoms with van der Waals surface area (Å²) in [6.07, 6.45) is 5.48. The third kappa shape index (κ3) is 3.48. The summed E-state index contributed by atoms with van der Waals surface area (Å²) in [5.74, 6) is -0.524. The highest BCUT2D eigenvalue weighted by molar-refractivity contribution is 5.92. The molecule has 7 atom stereocenters. The van der Waals surface area contributed by atoms with Crippen LogP contribution in [0.3, 0.4) is 0 Å². The Balaban J connectivity index is 1.55. The lowest BCUT2D eigenvalue weighted by Gasteiger charge is -2.60. The van der Waals surface area contributed by atoms with Gasteiger partial charge in [0.1, 0.15) is 5.60 Å². The Morgan fingerprint density at radius 3 is 2.66 bits per heavy atom. The van der Waals surface area contributed by atoms with E-state index in [0.29, 0.717) is 25.7 Å². The zero-order valence-electron chi connectivity index (χ0n) is 19.4. The third-order valence-electron chi connectivity index (χ3n) is 9.38. The van der Waals surface area contributed by atoms with Gasteiger partial charge in [-0.25, -0.2) is 0 Å². The molecule has 2 N–H and O–H groups in total. The number of esters is 1. The summed E-state index contributed by atoms with van der Waals surface area (Å²) in [5, 5.41) is 23.0. The molecule has 178 valence electrons. The number of aliphatic hydroxyl groups excluding tert-OH is 1. The number of carbonyl (C=O) groups excluding carboxylic acids is 3. The topological polar surface area (TPSA) is 110 Å². The summed E-state index contributed by atoms with van der Waals surface area (Å²) in [5.41, 5.74) is -1.44. The molecule has 0 aromatic rings. The highest BCUT2D eigenvalue weighted by Gasteiger charge is 2.68. The molecule has 7 heteroatoms. The molecule has 0 saturated heterocycles. The third-order valence-corrected chi connectivity index (χ3v) is 9.38. The number of ketones is 2. The average Bonchev–Trinajstić information content (AvgIpc) is 3.02. The van der Waals surface area contributed by atoms with Crippen molar-refractivity contribution in [2.24, 2.45) is 28.6 Å². The van der Waals surface area contributed by atoms with Gasteiger partial charge >= 0.3 is 5.97 Å². The fourth-order valence-corrected chi connectivity index (χ4v) is 7.67. The van der Waals surface area contributed by atoms with E-state index in [-0.39, 0.29) is 42.0 Å². The monoisotopic (exact) mass is 448 g/mol. The van der Waals surface area contributed by atoms with Crippen molar-refractivity contribution in [3.8, 4) is 0 Å². The van der Waals surface area contributed by atoms with E-state index < -0.39 is 35.5 Å². The van der Waals surface area contributed by atoms with Gasteiger partial charge in [-0.15, -0.1) is 0 Å². The normalized spacial score (nSPS) is 43.0. The largest absolute Gasteiger partial charge is 0.457 e. The molecule has 4 rings (SSSR count). The number of ether oxygens (including phenoxy) is 2. The van der Waals surface area contributed by atoms with E-state index in [2.05, 4.69) is 6.92 Å². The van der Waals surface area contributed by atoms with E-state index >= 15 is 0 Å². The Morgan fingerprint density at radius 1 is 1.19 bits per heavy atom. The lowest BCUT2D eigenvalue weighted by molar-refractivity contribution is -0.184. The average molecular weight is 449 g/mol. The Hall–Kier alpha value is -1.57. The van der Waals surface area contributed by atoms with Gasteiger partial charge in [0.05, 0.1) is 19.1 Å². The lowest BCUT2D eigenvalue weighted by Crippen LogP contribution is -2.62. The minimum absolute atomic E-state index is 0.0259. The highest BCUT2D eigenvalue weighted by atomic mass is 16.5. The first kappa shape index (κ1) is 23.6. The summed E-state index contributed by atoms with van der Waals surface area (Å²) < 4.78 is 9.96. The second-order valence-electron chi connectivity index (χ2n) is 10.8. The van der Waals surface area contributed by atoms with Crippen molar-refractivity contribution in [1.29, 1.82) is 0 Å². The highest BCUT2D eigenvalue weighted by Crippen LogP contribution is 2.67. The van der Waals surface area contributed by atoms with Gasteiger partial charge in [0.25, 0.3) is 0 Å². The van der Waals surface area contributed by atoms with Crippen LogP contribution in [0, 0.1) is 28.6 Å². The Labute approximate surface area is 189 Å². The zero-order chi connectivity index (χ0) is 23.3. The molecule has 0 aromatic carbocycles. The number of hydrogen-bond acceptors (Lipinski definition) is 7. The first-order chi connectivity index (χ1) is 15.1. The number of methoxy groups -OCH3 is 1. The van der Waals surface area contributed by atoms with Crippen LogP contribution in [-0.2, 0) is 23.9 Å². The fourth-order valence-electron chi connectivity index (χ4n) is 7.67. The molecule has 7 nitrogen and oxygen atoms in total. The number of allylic oxidation sites excluding steroid dienone is 1. The fraction of sp³-hybridized carbons (Fsp3) is 0.800. The van der Waals surface area contributed by atoms with Crippen LogP contribution in [0.25, 0.3) is 0 Å². The van der Waals surface area contributed by atoms with Gasteiger partial charge < -0.3 is 19.7 Å². The van der Waals surface area contributed by atoms with Gasteiger partial charge in [0, 0.05) is 18.9 Å². The number of rotatable bonds is 6. The van der Waals surface area contributed by atoms with E-state index in [1.54, 1.807) is 6.08 Å². The zero-order valence-corrected chi connectivity index (χ0v) is 19.4. The second-order valence-corrected chi connectivity index (χ2v) is 10.8. The van der Waals surface area contributed by atoms with E-state index in [9.17, 15) is 24.6 Å². The quantitative estimate of drug-likeness (QED) is 0.600. The van der Waals surface area contributed by atoms with Crippen LogP contribution >= 0.6 is 0 Å². The maximum atomic E-state index is 13.1. The number of fused-ring (bicyclic) bond motifs is 5. The maximum absolute atomic E-state index is 13.1. The van der Waals surface area contributed by atoms with E-state index in [0.717, 1.165) is 24.8 Å². The summed E-state index contributed by atoms with van der Waals surface area (Å²) in [6.45, 7) is 3.86. The molecule has 0 aromatic heterocycles. The first-order valence-electron chi connectivity index (χ1n) is 11.9. The van der Waals surface area contributed by atoms with Crippen LogP contribution < -0.4 is 0 Å². The number of hydrogen-bond donors (Lipinski definition) is 2. The predicted molar refractivity (Wildman–Crippen MR) is 116 cm³/mol. The molecule has 0 bridgehead atoms. The molecule has 0 heterocycles. The minimum Gasteiger partial charge on any atom is -0.457 e. The van der Waals surface area contributed by atoms with E-state index in [1.807, 2.05) is 6.92 Å². The van der Waals surface area contributed by atoms with Crippen molar-refractivity contribution in [2.45, 2.75) is 76.9 Å².